The third kappa shape index (κ3) is 2.93. The molecule has 1 N–H and O–H groups in total. The fourth-order valence-corrected chi connectivity index (χ4v) is 2.59. The van der Waals surface area contributed by atoms with Gasteiger partial charge in [0.2, 0.25) is 0 Å². The van der Waals surface area contributed by atoms with Gasteiger partial charge in [-0.1, -0.05) is 6.92 Å². The molecule has 0 bridgehead atoms. The lowest BCUT2D eigenvalue weighted by molar-refractivity contribution is 0.0480. The van der Waals surface area contributed by atoms with E-state index in [0.29, 0.717) is 5.92 Å². The summed E-state index contributed by atoms with van der Waals surface area (Å²) in [4.78, 5) is 0. The van der Waals surface area contributed by atoms with Gasteiger partial charge in [0.1, 0.15) is 0 Å². The van der Waals surface area contributed by atoms with Gasteiger partial charge in [-0.05, 0) is 44.7 Å². The van der Waals surface area contributed by atoms with Crippen LogP contribution in [-0.2, 0) is 11.3 Å². The lowest BCUT2D eigenvalue weighted by atomic mass is 10.0. The van der Waals surface area contributed by atoms with Gasteiger partial charge >= 0.3 is 0 Å². The van der Waals surface area contributed by atoms with Gasteiger partial charge in [0.05, 0.1) is 17.8 Å². The topological polar surface area (TPSA) is 39.1 Å². The van der Waals surface area contributed by atoms with Gasteiger partial charge in [0, 0.05) is 19.9 Å². The Hall–Kier alpha value is -0.870. The number of hydrogen-bond acceptors (Lipinski definition) is 3. The number of aromatic nitrogens is 2. The normalized spacial score (nSPS) is 18.8. The third-order valence-corrected chi connectivity index (χ3v) is 3.67. The minimum atomic E-state index is 0.268. The average Bonchev–Trinajstić information content (AvgIpc) is 3.11. The molecular formula is C14H25N3O. The summed E-state index contributed by atoms with van der Waals surface area (Å²) in [5.74, 6) is 0.713. The van der Waals surface area contributed by atoms with Crippen LogP contribution in [0, 0.1) is 5.92 Å². The monoisotopic (exact) mass is 251 g/mol. The zero-order chi connectivity index (χ0) is 13.0. The summed E-state index contributed by atoms with van der Waals surface area (Å²) in [7, 11) is 1.83. The van der Waals surface area contributed by atoms with E-state index >= 15 is 0 Å². The summed E-state index contributed by atoms with van der Waals surface area (Å²) in [5.41, 5.74) is 1.25. The molecule has 1 aromatic heterocycles. The molecule has 0 amide bonds. The maximum absolute atomic E-state index is 5.75. The van der Waals surface area contributed by atoms with Crippen molar-refractivity contribution < 1.29 is 4.74 Å². The maximum atomic E-state index is 5.75. The molecule has 18 heavy (non-hydrogen) atoms. The van der Waals surface area contributed by atoms with E-state index in [0.717, 1.165) is 19.5 Å². The minimum absolute atomic E-state index is 0.268. The summed E-state index contributed by atoms with van der Waals surface area (Å²) < 4.78 is 7.82. The van der Waals surface area contributed by atoms with Crippen molar-refractivity contribution in [3.8, 4) is 0 Å². The van der Waals surface area contributed by atoms with E-state index < -0.39 is 0 Å². The van der Waals surface area contributed by atoms with E-state index in [1.807, 2.05) is 13.3 Å². The lowest BCUT2D eigenvalue weighted by Gasteiger charge is -2.27. The molecule has 2 unspecified atom stereocenters. The Balaban J connectivity index is 2.17. The quantitative estimate of drug-likeness (QED) is 0.771. The second kappa shape index (κ2) is 6.34. The van der Waals surface area contributed by atoms with E-state index in [2.05, 4.69) is 35.0 Å². The van der Waals surface area contributed by atoms with Crippen LogP contribution in [0.4, 0.5) is 0 Å². The molecule has 1 aliphatic rings. The van der Waals surface area contributed by atoms with Crippen molar-refractivity contribution in [2.24, 2.45) is 5.92 Å². The van der Waals surface area contributed by atoms with Crippen molar-refractivity contribution in [2.75, 3.05) is 13.7 Å². The molecule has 1 heterocycles. The van der Waals surface area contributed by atoms with E-state index in [9.17, 15) is 0 Å². The van der Waals surface area contributed by atoms with Crippen LogP contribution in [0.1, 0.15) is 44.8 Å². The van der Waals surface area contributed by atoms with E-state index in [1.165, 1.54) is 18.5 Å². The predicted octanol–water partition coefficient (Wildman–Crippen LogP) is 2.37. The Morgan fingerprint density at radius 3 is 2.83 bits per heavy atom. The van der Waals surface area contributed by atoms with Crippen LogP contribution in [0.5, 0.6) is 0 Å². The third-order valence-electron chi connectivity index (χ3n) is 3.67. The summed E-state index contributed by atoms with van der Waals surface area (Å²) in [6.07, 6.45) is 5.89. The highest BCUT2D eigenvalue weighted by Crippen LogP contribution is 2.39. The lowest BCUT2D eigenvalue weighted by Crippen LogP contribution is -2.36. The standard InChI is InChI=1S/C14H25N3O/c1-4-9-15-13(14(18-3)11-6-7-11)12-8-10-16-17(12)5-2/h8,10-11,13-15H,4-7,9H2,1-3H3. The number of aryl methyl sites for hydroxylation is 1. The molecular weight excluding hydrogens is 226 g/mol. The van der Waals surface area contributed by atoms with Crippen molar-refractivity contribution in [3.63, 3.8) is 0 Å². The van der Waals surface area contributed by atoms with Crippen molar-refractivity contribution >= 4 is 0 Å². The van der Waals surface area contributed by atoms with E-state index in [4.69, 9.17) is 4.74 Å². The van der Waals surface area contributed by atoms with E-state index in [1.54, 1.807) is 0 Å². The van der Waals surface area contributed by atoms with Crippen LogP contribution in [0.2, 0.25) is 0 Å². The Bertz CT molecular complexity index is 360. The minimum Gasteiger partial charge on any atom is -0.379 e. The van der Waals surface area contributed by atoms with Gasteiger partial charge in [0.25, 0.3) is 0 Å². The molecule has 102 valence electrons. The highest BCUT2D eigenvalue weighted by Gasteiger charge is 2.38. The molecule has 4 heteroatoms. The van der Waals surface area contributed by atoms with Crippen LogP contribution in [0.3, 0.4) is 0 Å². The smallest absolute Gasteiger partial charge is 0.0809 e. The van der Waals surface area contributed by atoms with E-state index in [-0.39, 0.29) is 12.1 Å². The van der Waals surface area contributed by atoms with Crippen LogP contribution in [0.25, 0.3) is 0 Å². The first-order valence-electron chi connectivity index (χ1n) is 7.09. The Labute approximate surface area is 110 Å². The zero-order valence-electron chi connectivity index (χ0n) is 11.7. The van der Waals surface area contributed by atoms with Crippen molar-refractivity contribution in [3.05, 3.63) is 18.0 Å². The van der Waals surface area contributed by atoms with Gasteiger partial charge in [0.15, 0.2) is 0 Å². The number of rotatable bonds is 8. The fraction of sp³-hybridized carbons (Fsp3) is 0.786. The molecule has 4 nitrogen and oxygen atoms in total. The second-order valence-electron chi connectivity index (χ2n) is 5.04. The Morgan fingerprint density at radius 2 is 2.28 bits per heavy atom. The number of methoxy groups -OCH3 is 1. The number of hydrogen-bond donors (Lipinski definition) is 1. The van der Waals surface area contributed by atoms with Crippen LogP contribution in [0.15, 0.2) is 12.3 Å². The molecule has 1 aromatic rings. The van der Waals surface area contributed by atoms with Gasteiger partial charge in [-0.15, -0.1) is 0 Å². The summed E-state index contributed by atoms with van der Waals surface area (Å²) in [5, 5.41) is 8.01. The first-order chi connectivity index (χ1) is 8.81. The van der Waals surface area contributed by atoms with Gasteiger partial charge in [-0.25, -0.2) is 0 Å². The molecule has 2 atom stereocenters. The number of nitrogens with one attached hydrogen (secondary N) is 1. The Morgan fingerprint density at radius 1 is 1.50 bits per heavy atom. The van der Waals surface area contributed by atoms with Gasteiger partial charge in [-0.2, -0.15) is 5.10 Å². The van der Waals surface area contributed by atoms with Crippen molar-refractivity contribution in [1.82, 2.24) is 15.1 Å². The SMILES string of the molecule is CCCNC(c1ccnn1CC)C(OC)C1CC1. The summed E-state index contributed by atoms with van der Waals surface area (Å²) >= 11 is 0. The molecule has 0 spiro atoms. The highest BCUT2D eigenvalue weighted by molar-refractivity contribution is 5.11. The first kappa shape index (κ1) is 13.6. The maximum Gasteiger partial charge on any atom is 0.0809 e. The molecule has 1 saturated carbocycles. The zero-order valence-corrected chi connectivity index (χ0v) is 11.7. The molecule has 1 fully saturated rings. The predicted molar refractivity (Wildman–Crippen MR) is 72.5 cm³/mol. The van der Waals surface area contributed by atoms with Crippen LogP contribution < -0.4 is 5.32 Å². The molecule has 1 aliphatic carbocycles. The largest absolute Gasteiger partial charge is 0.379 e. The number of nitrogens with zero attached hydrogens (tertiary/aromatic N) is 2. The molecule has 0 saturated heterocycles. The number of ether oxygens (including phenoxy) is 1. The molecule has 0 aliphatic heterocycles. The average molecular weight is 251 g/mol. The first-order valence-corrected chi connectivity index (χ1v) is 7.09. The van der Waals surface area contributed by atoms with Crippen molar-refractivity contribution in [2.45, 2.75) is 51.8 Å². The van der Waals surface area contributed by atoms with Crippen molar-refractivity contribution in [1.29, 1.82) is 0 Å². The van der Waals surface area contributed by atoms with Crippen LogP contribution >= 0.6 is 0 Å². The second-order valence-corrected chi connectivity index (χ2v) is 5.04. The molecule has 2 rings (SSSR count). The van der Waals surface area contributed by atoms with Gasteiger partial charge < -0.3 is 10.1 Å². The summed E-state index contributed by atoms with van der Waals surface area (Å²) in [6, 6.07) is 2.38. The van der Waals surface area contributed by atoms with Crippen LogP contribution in [-0.4, -0.2) is 29.5 Å². The van der Waals surface area contributed by atoms with Gasteiger partial charge in [-0.3, -0.25) is 4.68 Å². The summed E-state index contributed by atoms with van der Waals surface area (Å²) in [6.45, 7) is 6.26. The Kier molecular flexibility index (Phi) is 4.78. The fourth-order valence-electron chi connectivity index (χ4n) is 2.59. The molecule has 0 radical (unpaired) electrons. The molecule has 0 aromatic carbocycles. The highest BCUT2D eigenvalue weighted by atomic mass is 16.5.